The summed E-state index contributed by atoms with van der Waals surface area (Å²) in [5.41, 5.74) is 5.20. The van der Waals surface area contributed by atoms with Crippen LogP contribution >= 0.6 is 11.6 Å². The average molecular weight is 256 g/mol. The van der Waals surface area contributed by atoms with E-state index in [2.05, 4.69) is 23.2 Å². The van der Waals surface area contributed by atoms with E-state index < -0.39 is 0 Å². The summed E-state index contributed by atoms with van der Waals surface area (Å²) in [5, 5.41) is 0.789. The smallest absolute Gasteiger partial charge is 0.0664 e. The van der Waals surface area contributed by atoms with Crippen LogP contribution < -0.4 is 0 Å². The van der Waals surface area contributed by atoms with Crippen molar-refractivity contribution in [3.63, 3.8) is 0 Å². The van der Waals surface area contributed by atoms with Crippen LogP contribution in [0.4, 0.5) is 0 Å². The molecule has 1 aliphatic carbocycles. The van der Waals surface area contributed by atoms with Gasteiger partial charge in [0.05, 0.1) is 5.69 Å². The molecule has 1 aromatic heterocycles. The number of benzene rings is 1. The van der Waals surface area contributed by atoms with Crippen molar-refractivity contribution in [2.75, 3.05) is 0 Å². The van der Waals surface area contributed by atoms with E-state index in [1.807, 2.05) is 30.5 Å². The van der Waals surface area contributed by atoms with Gasteiger partial charge in [-0.05, 0) is 60.2 Å². The van der Waals surface area contributed by atoms with Gasteiger partial charge >= 0.3 is 0 Å². The first-order chi connectivity index (χ1) is 8.84. The van der Waals surface area contributed by atoms with E-state index in [1.165, 1.54) is 23.1 Å². The summed E-state index contributed by atoms with van der Waals surface area (Å²) in [5.74, 6) is 0. The third-order valence-corrected chi connectivity index (χ3v) is 3.64. The summed E-state index contributed by atoms with van der Waals surface area (Å²) in [6.07, 6.45) is 5.33. The Bertz CT molecular complexity index is 570. The normalized spacial score (nSPS) is 15.2. The molecule has 1 aliphatic rings. The van der Waals surface area contributed by atoms with Crippen LogP contribution in [0.5, 0.6) is 0 Å². The lowest BCUT2D eigenvalue weighted by atomic mass is 10.00. The van der Waals surface area contributed by atoms with Gasteiger partial charge in [0.2, 0.25) is 0 Å². The van der Waals surface area contributed by atoms with E-state index in [0.29, 0.717) is 0 Å². The van der Waals surface area contributed by atoms with E-state index in [0.717, 1.165) is 23.6 Å². The Morgan fingerprint density at radius 3 is 2.39 bits per heavy atom. The van der Waals surface area contributed by atoms with Crippen molar-refractivity contribution >= 4 is 22.7 Å². The number of halogens is 1. The Kier molecular flexibility index (Phi) is 3.16. The number of allylic oxidation sites excluding steroid dienone is 2. The molecule has 3 rings (SSSR count). The second kappa shape index (κ2) is 4.95. The Morgan fingerprint density at radius 1 is 0.889 bits per heavy atom. The molecule has 0 amide bonds. The molecule has 0 saturated heterocycles. The Labute approximate surface area is 112 Å². The number of nitrogens with zero attached hydrogens (tertiary/aromatic N) is 1. The molecule has 0 unspecified atom stereocenters. The molecule has 2 aromatic rings. The summed E-state index contributed by atoms with van der Waals surface area (Å²) in [4.78, 5) is 4.47. The van der Waals surface area contributed by atoms with Crippen molar-refractivity contribution < 1.29 is 0 Å². The van der Waals surface area contributed by atoms with Crippen molar-refractivity contribution in [2.24, 2.45) is 0 Å². The first-order valence-corrected chi connectivity index (χ1v) is 6.62. The number of pyridine rings is 1. The Hall–Kier alpha value is -1.60. The number of hydrogen-bond donors (Lipinski definition) is 0. The maximum absolute atomic E-state index is 5.94. The molecule has 2 heteroatoms. The van der Waals surface area contributed by atoms with Gasteiger partial charge < -0.3 is 0 Å². The third-order valence-electron chi connectivity index (χ3n) is 3.38. The molecule has 1 nitrogen and oxygen atoms in total. The molecule has 18 heavy (non-hydrogen) atoms. The van der Waals surface area contributed by atoms with Crippen molar-refractivity contribution in [3.05, 3.63) is 64.9 Å². The molecule has 1 aromatic carbocycles. The van der Waals surface area contributed by atoms with Crippen LogP contribution in [0.2, 0.25) is 5.02 Å². The second-order valence-corrected chi connectivity index (χ2v) is 4.97. The lowest BCUT2D eigenvalue weighted by Crippen LogP contribution is -1.88. The van der Waals surface area contributed by atoms with Crippen LogP contribution in [0.25, 0.3) is 11.1 Å². The van der Waals surface area contributed by atoms with Crippen molar-refractivity contribution in [1.82, 2.24) is 4.98 Å². The molecule has 0 radical (unpaired) electrons. The van der Waals surface area contributed by atoms with Crippen LogP contribution in [0.3, 0.4) is 0 Å². The van der Waals surface area contributed by atoms with Gasteiger partial charge in [0, 0.05) is 11.2 Å². The van der Waals surface area contributed by atoms with E-state index >= 15 is 0 Å². The Balaban J connectivity index is 2.06. The maximum Gasteiger partial charge on any atom is 0.0664 e. The summed E-state index contributed by atoms with van der Waals surface area (Å²) in [7, 11) is 0. The van der Waals surface area contributed by atoms with Crippen molar-refractivity contribution in [3.8, 4) is 0 Å². The van der Waals surface area contributed by atoms with E-state index in [1.54, 1.807) is 0 Å². The highest BCUT2D eigenvalue weighted by Gasteiger charge is 2.18. The van der Waals surface area contributed by atoms with Gasteiger partial charge in [-0.25, -0.2) is 0 Å². The van der Waals surface area contributed by atoms with E-state index in [9.17, 15) is 0 Å². The highest BCUT2D eigenvalue weighted by molar-refractivity contribution is 6.30. The predicted octanol–water partition coefficient (Wildman–Crippen LogP) is 4.83. The lowest BCUT2D eigenvalue weighted by molar-refractivity contribution is 0.939. The molecule has 0 spiro atoms. The van der Waals surface area contributed by atoms with E-state index in [4.69, 9.17) is 11.6 Å². The summed E-state index contributed by atoms with van der Waals surface area (Å²) < 4.78 is 0. The van der Waals surface area contributed by atoms with Crippen LogP contribution in [0.1, 0.15) is 30.5 Å². The van der Waals surface area contributed by atoms with E-state index in [-0.39, 0.29) is 0 Å². The maximum atomic E-state index is 5.94. The lowest BCUT2D eigenvalue weighted by Gasteiger charge is -2.07. The largest absolute Gasteiger partial charge is 0.257 e. The fourth-order valence-corrected chi connectivity index (χ4v) is 2.66. The average Bonchev–Trinajstić information content (AvgIpc) is 2.90. The minimum absolute atomic E-state index is 0.789. The number of hydrogen-bond acceptors (Lipinski definition) is 1. The molecular weight excluding hydrogens is 242 g/mol. The summed E-state index contributed by atoms with van der Waals surface area (Å²) >= 11 is 5.94. The molecule has 0 atom stereocenters. The van der Waals surface area contributed by atoms with Gasteiger partial charge in [0.1, 0.15) is 0 Å². The summed E-state index contributed by atoms with van der Waals surface area (Å²) in [6, 6.07) is 14.2. The van der Waals surface area contributed by atoms with Gasteiger partial charge in [-0.1, -0.05) is 29.8 Å². The highest BCUT2D eigenvalue weighted by Crippen LogP contribution is 2.39. The van der Waals surface area contributed by atoms with Gasteiger partial charge in [0.25, 0.3) is 0 Å². The molecule has 90 valence electrons. The van der Waals surface area contributed by atoms with Gasteiger partial charge in [-0.3, -0.25) is 4.98 Å². The van der Waals surface area contributed by atoms with Crippen LogP contribution in [0, 0.1) is 0 Å². The van der Waals surface area contributed by atoms with Crippen LogP contribution in [-0.2, 0) is 0 Å². The zero-order chi connectivity index (χ0) is 12.4. The summed E-state index contributed by atoms with van der Waals surface area (Å²) in [6.45, 7) is 0. The minimum Gasteiger partial charge on any atom is -0.257 e. The van der Waals surface area contributed by atoms with Crippen LogP contribution in [0.15, 0.2) is 48.7 Å². The van der Waals surface area contributed by atoms with Gasteiger partial charge in [0.15, 0.2) is 0 Å². The predicted molar refractivity (Wildman–Crippen MR) is 76.4 cm³/mol. The van der Waals surface area contributed by atoms with Gasteiger partial charge in [-0.2, -0.15) is 0 Å². The molecule has 0 fully saturated rings. The fraction of sp³-hybridized carbons (Fsp3) is 0.188. The molecule has 0 aliphatic heterocycles. The second-order valence-electron chi connectivity index (χ2n) is 4.53. The van der Waals surface area contributed by atoms with Crippen molar-refractivity contribution in [2.45, 2.75) is 19.3 Å². The first kappa shape index (κ1) is 11.5. The number of rotatable bonds is 2. The highest BCUT2D eigenvalue weighted by atomic mass is 35.5. The minimum atomic E-state index is 0.789. The van der Waals surface area contributed by atoms with Gasteiger partial charge in [-0.15, -0.1) is 0 Å². The third kappa shape index (κ3) is 2.19. The zero-order valence-corrected chi connectivity index (χ0v) is 10.8. The fourth-order valence-electron chi connectivity index (χ4n) is 2.54. The Morgan fingerprint density at radius 2 is 1.67 bits per heavy atom. The van der Waals surface area contributed by atoms with Crippen molar-refractivity contribution in [1.29, 1.82) is 0 Å². The quantitative estimate of drug-likeness (QED) is 0.749. The zero-order valence-electron chi connectivity index (χ0n) is 10.1. The number of aromatic nitrogens is 1. The SMILES string of the molecule is Clc1ccc(C2=C(c3ccccn3)CCC2)cc1. The topological polar surface area (TPSA) is 12.9 Å². The standard InChI is InChI=1S/C16H14ClN/c17-13-9-7-12(8-10-13)14-4-3-5-15(14)16-6-1-2-11-18-16/h1-2,6-11H,3-5H2. The van der Waals surface area contributed by atoms with Crippen LogP contribution in [-0.4, -0.2) is 4.98 Å². The molecule has 0 bridgehead atoms. The molecular formula is C16H14ClN. The first-order valence-electron chi connectivity index (χ1n) is 6.24. The molecule has 1 heterocycles. The molecule has 0 saturated carbocycles. The molecule has 0 N–H and O–H groups in total. The monoisotopic (exact) mass is 255 g/mol.